The third kappa shape index (κ3) is 4.52. The maximum Gasteiger partial charge on any atom is 0.0638 e. The van der Waals surface area contributed by atoms with Gasteiger partial charge in [0.25, 0.3) is 0 Å². The standard InChI is InChI=1S/C20H24N4/c1-17-19(14-23(2)22-17)15-24(16-20-10-6-7-12-21-20)13-11-18-8-4-3-5-9-18/h3-10,12,14H,11,13,15-16H2,1-2H3. The minimum absolute atomic E-state index is 0.849. The molecule has 0 saturated carbocycles. The predicted octanol–water partition coefficient (Wildman–Crippen LogP) is 3.37. The zero-order valence-corrected chi connectivity index (χ0v) is 14.4. The van der Waals surface area contributed by atoms with Gasteiger partial charge in [-0.2, -0.15) is 5.10 Å². The van der Waals surface area contributed by atoms with E-state index in [0.29, 0.717) is 0 Å². The summed E-state index contributed by atoms with van der Waals surface area (Å²) >= 11 is 0. The van der Waals surface area contributed by atoms with Crippen LogP contribution in [-0.4, -0.2) is 26.2 Å². The molecule has 0 spiro atoms. The lowest BCUT2D eigenvalue weighted by atomic mass is 10.1. The summed E-state index contributed by atoms with van der Waals surface area (Å²) in [4.78, 5) is 6.92. The van der Waals surface area contributed by atoms with Crippen molar-refractivity contribution in [1.82, 2.24) is 19.7 Å². The van der Waals surface area contributed by atoms with Crippen LogP contribution in [0.4, 0.5) is 0 Å². The van der Waals surface area contributed by atoms with Crippen molar-refractivity contribution in [1.29, 1.82) is 0 Å². The summed E-state index contributed by atoms with van der Waals surface area (Å²) in [6.07, 6.45) is 5.01. The number of aryl methyl sites for hydroxylation is 2. The summed E-state index contributed by atoms with van der Waals surface area (Å²) in [7, 11) is 1.98. The first-order valence-electron chi connectivity index (χ1n) is 8.36. The normalized spacial score (nSPS) is 11.1. The van der Waals surface area contributed by atoms with Crippen LogP contribution in [0.2, 0.25) is 0 Å². The quantitative estimate of drug-likeness (QED) is 0.669. The van der Waals surface area contributed by atoms with Crippen LogP contribution in [0, 0.1) is 6.92 Å². The van der Waals surface area contributed by atoms with E-state index in [1.165, 1.54) is 11.1 Å². The Labute approximate surface area is 143 Å². The van der Waals surface area contributed by atoms with E-state index in [-0.39, 0.29) is 0 Å². The Balaban J connectivity index is 1.71. The van der Waals surface area contributed by atoms with E-state index in [0.717, 1.165) is 37.4 Å². The number of pyridine rings is 1. The van der Waals surface area contributed by atoms with E-state index in [9.17, 15) is 0 Å². The molecular weight excluding hydrogens is 296 g/mol. The molecule has 3 aromatic rings. The summed E-state index contributed by atoms with van der Waals surface area (Å²) in [6, 6.07) is 16.7. The van der Waals surface area contributed by atoms with Crippen LogP contribution in [0.3, 0.4) is 0 Å². The molecule has 0 atom stereocenters. The lowest BCUT2D eigenvalue weighted by molar-refractivity contribution is 0.256. The highest BCUT2D eigenvalue weighted by Crippen LogP contribution is 2.13. The Morgan fingerprint density at radius 2 is 1.79 bits per heavy atom. The van der Waals surface area contributed by atoms with E-state index in [1.54, 1.807) is 0 Å². The molecule has 3 rings (SSSR count). The second-order valence-electron chi connectivity index (χ2n) is 6.18. The van der Waals surface area contributed by atoms with Crippen LogP contribution in [-0.2, 0) is 26.6 Å². The maximum absolute atomic E-state index is 4.48. The lowest BCUT2D eigenvalue weighted by Crippen LogP contribution is -2.26. The molecule has 24 heavy (non-hydrogen) atoms. The van der Waals surface area contributed by atoms with Gasteiger partial charge in [0.15, 0.2) is 0 Å². The van der Waals surface area contributed by atoms with E-state index >= 15 is 0 Å². The van der Waals surface area contributed by atoms with Crippen LogP contribution >= 0.6 is 0 Å². The highest BCUT2D eigenvalue weighted by atomic mass is 15.3. The summed E-state index contributed by atoms with van der Waals surface area (Å²) in [5, 5.41) is 4.46. The fourth-order valence-corrected chi connectivity index (χ4v) is 2.91. The number of hydrogen-bond donors (Lipinski definition) is 0. The first-order chi connectivity index (χ1) is 11.7. The summed E-state index contributed by atoms with van der Waals surface area (Å²) in [6.45, 7) is 4.81. The number of nitrogens with zero attached hydrogens (tertiary/aromatic N) is 4. The molecule has 1 aromatic carbocycles. The molecule has 0 unspecified atom stereocenters. The Morgan fingerprint density at radius 1 is 1.00 bits per heavy atom. The molecule has 0 saturated heterocycles. The minimum Gasteiger partial charge on any atom is -0.293 e. The first-order valence-corrected chi connectivity index (χ1v) is 8.36. The van der Waals surface area contributed by atoms with E-state index in [4.69, 9.17) is 0 Å². The molecule has 4 nitrogen and oxygen atoms in total. The molecule has 0 aliphatic heterocycles. The average Bonchev–Trinajstić information content (AvgIpc) is 2.92. The molecule has 0 bridgehead atoms. The van der Waals surface area contributed by atoms with Crippen molar-refractivity contribution in [2.45, 2.75) is 26.4 Å². The minimum atomic E-state index is 0.849. The molecule has 0 aliphatic carbocycles. The van der Waals surface area contributed by atoms with Gasteiger partial charge in [0.2, 0.25) is 0 Å². The molecule has 0 amide bonds. The fraction of sp³-hybridized carbons (Fsp3) is 0.300. The average molecular weight is 320 g/mol. The van der Waals surface area contributed by atoms with Crippen LogP contribution in [0.25, 0.3) is 0 Å². The van der Waals surface area contributed by atoms with Gasteiger partial charge in [0.1, 0.15) is 0 Å². The van der Waals surface area contributed by atoms with Crippen LogP contribution in [0.15, 0.2) is 60.9 Å². The molecule has 2 aromatic heterocycles. The second-order valence-corrected chi connectivity index (χ2v) is 6.18. The van der Waals surface area contributed by atoms with Gasteiger partial charge in [-0.25, -0.2) is 0 Å². The molecule has 0 fully saturated rings. The zero-order chi connectivity index (χ0) is 16.8. The van der Waals surface area contributed by atoms with Crippen molar-refractivity contribution >= 4 is 0 Å². The van der Waals surface area contributed by atoms with Gasteiger partial charge < -0.3 is 0 Å². The smallest absolute Gasteiger partial charge is 0.0638 e. The monoisotopic (exact) mass is 320 g/mol. The Hall–Kier alpha value is -2.46. The largest absolute Gasteiger partial charge is 0.293 e. The van der Waals surface area contributed by atoms with Crippen molar-refractivity contribution in [3.63, 3.8) is 0 Å². The van der Waals surface area contributed by atoms with Gasteiger partial charge >= 0.3 is 0 Å². The molecule has 124 valence electrons. The molecular formula is C20H24N4. The van der Waals surface area contributed by atoms with Crippen LogP contribution < -0.4 is 0 Å². The van der Waals surface area contributed by atoms with Crippen molar-refractivity contribution < 1.29 is 0 Å². The molecule has 0 aliphatic rings. The van der Waals surface area contributed by atoms with Crippen molar-refractivity contribution in [2.75, 3.05) is 6.54 Å². The maximum atomic E-state index is 4.48. The Kier molecular flexibility index (Phi) is 5.39. The topological polar surface area (TPSA) is 34.0 Å². The highest BCUT2D eigenvalue weighted by molar-refractivity contribution is 5.17. The SMILES string of the molecule is Cc1nn(C)cc1CN(CCc1ccccc1)Cc1ccccn1. The third-order valence-electron chi connectivity index (χ3n) is 4.18. The number of rotatable bonds is 7. The highest BCUT2D eigenvalue weighted by Gasteiger charge is 2.12. The van der Waals surface area contributed by atoms with Gasteiger partial charge in [-0.05, 0) is 31.0 Å². The van der Waals surface area contributed by atoms with Gasteiger partial charge in [-0.3, -0.25) is 14.6 Å². The van der Waals surface area contributed by atoms with E-state index in [1.807, 2.05) is 30.1 Å². The van der Waals surface area contributed by atoms with Crippen molar-refractivity contribution in [3.05, 3.63) is 83.4 Å². The van der Waals surface area contributed by atoms with Gasteiger partial charge in [0, 0.05) is 44.6 Å². The fourth-order valence-electron chi connectivity index (χ4n) is 2.91. The van der Waals surface area contributed by atoms with Crippen molar-refractivity contribution in [3.8, 4) is 0 Å². The van der Waals surface area contributed by atoms with E-state index in [2.05, 4.69) is 64.5 Å². The first kappa shape index (κ1) is 16.4. The molecule has 4 heteroatoms. The zero-order valence-electron chi connectivity index (χ0n) is 14.4. The summed E-state index contributed by atoms with van der Waals surface area (Å²) in [5.41, 5.74) is 4.85. The van der Waals surface area contributed by atoms with Gasteiger partial charge in [-0.1, -0.05) is 36.4 Å². The molecule has 2 heterocycles. The number of aromatic nitrogens is 3. The Morgan fingerprint density at radius 3 is 2.46 bits per heavy atom. The van der Waals surface area contributed by atoms with E-state index < -0.39 is 0 Å². The van der Waals surface area contributed by atoms with Crippen molar-refractivity contribution in [2.24, 2.45) is 7.05 Å². The van der Waals surface area contributed by atoms with Gasteiger partial charge in [0.05, 0.1) is 11.4 Å². The van der Waals surface area contributed by atoms with Gasteiger partial charge in [-0.15, -0.1) is 0 Å². The van der Waals surface area contributed by atoms with Crippen LogP contribution in [0.5, 0.6) is 0 Å². The second kappa shape index (κ2) is 7.88. The molecule has 0 N–H and O–H groups in total. The lowest BCUT2D eigenvalue weighted by Gasteiger charge is -2.22. The molecule has 0 radical (unpaired) electrons. The van der Waals surface area contributed by atoms with Crippen LogP contribution in [0.1, 0.15) is 22.5 Å². The summed E-state index contributed by atoms with van der Waals surface area (Å²) in [5.74, 6) is 0. The Bertz CT molecular complexity index is 750. The number of hydrogen-bond acceptors (Lipinski definition) is 3. The summed E-state index contributed by atoms with van der Waals surface area (Å²) < 4.78 is 1.89. The number of benzene rings is 1. The predicted molar refractivity (Wildman–Crippen MR) is 96.4 cm³/mol. The third-order valence-corrected chi connectivity index (χ3v) is 4.18.